The second-order valence-corrected chi connectivity index (χ2v) is 7.38. The van der Waals surface area contributed by atoms with Crippen LogP contribution < -0.4 is 4.72 Å². The van der Waals surface area contributed by atoms with E-state index in [9.17, 15) is 8.42 Å². The summed E-state index contributed by atoms with van der Waals surface area (Å²) in [5.74, 6) is 0.316. The second-order valence-electron chi connectivity index (χ2n) is 5.73. The molecule has 2 atom stereocenters. The van der Waals surface area contributed by atoms with Crippen LogP contribution in [-0.2, 0) is 14.8 Å². The largest absolute Gasteiger partial charge is 0.378 e. The molecule has 2 aliphatic rings. The summed E-state index contributed by atoms with van der Waals surface area (Å²) in [6.07, 6.45) is 2.33. The molecule has 3 heterocycles. The molecule has 0 amide bonds. The van der Waals surface area contributed by atoms with Crippen molar-refractivity contribution in [3.05, 3.63) is 11.5 Å². The van der Waals surface area contributed by atoms with Crippen LogP contribution in [0, 0.1) is 13.8 Å². The molecule has 2 unspecified atom stereocenters. The minimum absolute atomic E-state index is 0.114. The Labute approximate surface area is 124 Å². The average Bonchev–Trinajstić information content (AvgIpc) is 3.10. The minimum Gasteiger partial charge on any atom is -0.378 e. The van der Waals surface area contributed by atoms with Crippen LogP contribution in [0.4, 0.5) is 0 Å². The van der Waals surface area contributed by atoms with E-state index in [1.807, 2.05) is 0 Å². The minimum atomic E-state index is -3.64. The van der Waals surface area contributed by atoms with Gasteiger partial charge in [-0.25, -0.2) is 13.1 Å². The Hall–Kier alpha value is -0.960. The Morgan fingerprint density at radius 1 is 1.24 bits per heavy atom. The van der Waals surface area contributed by atoms with E-state index in [1.165, 1.54) is 12.8 Å². The van der Waals surface area contributed by atoms with Crippen LogP contribution in [0.5, 0.6) is 0 Å². The highest BCUT2D eigenvalue weighted by molar-refractivity contribution is 7.89. The molecule has 1 N–H and O–H groups in total. The predicted octanol–water partition coefficient (Wildman–Crippen LogP) is 0.433. The smallest absolute Gasteiger partial charge is 0.246 e. The van der Waals surface area contributed by atoms with Crippen LogP contribution in [0.1, 0.15) is 24.3 Å². The van der Waals surface area contributed by atoms with Gasteiger partial charge in [0.05, 0.1) is 25.3 Å². The SMILES string of the molecule is Cc1noc(C)c1S(=O)(=O)NC1COCC1N1CCCC1. The summed E-state index contributed by atoms with van der Waals surface area (Å²) in [5.41, 5.74) is 0.386. The number of rotatable bonds is 4. The van der Waals surface area contributed by atoms with Gasteiger partial charge in [-0.1, -0.05) is 5.16 Å². The number of nitrogens with zero attached hydrogens (tertiary/aromatic N) is 2. The molecule has 0 bridgehead atoms. The van der Waals surface area contributed by atoms with E-state index in [2.05, 4.69) is 14.8 Å². The van der Waals surface area contributed by atoms with Crippen molar-refractivity contribution in [3.8, 4) is 0 Å². The van der Waals surface area contributed by atoms with Crippen LogP contribution in [0.2, 0.25) is 0 Å². The van der Waals surface area contributed by atoms with Crippen molar-refractivity contribution >= 4 is 10.0 Å². The number of likely N-dealkylation sites (tertiary alicyclic amines) is 1. The number of ether oxygens (including phenoxy) is 1. The standard InChI is InChI=1S/C13H21N3O4S/c1-9-13(10(2)20-14-9)21(17,18)15-11-7-19-8-12(11)16-5-3-4-6-16/h11-12,15H,3-8H2,1-2H3. The third kappa shape index (κ3) is 2.85. The quantitative estimate of drug-likeness (QED) is 0.867. The highest BCUT2D eigenvalue weighted by Crippen LogP contribution is 2.23. The van der Waals surface area contributed by atoms with E-state index >= 15 is 0 Å². The Kier molecular flexibility index (Phi) is 4.04. The molecule has 7 nitrogen and oxygen atoms in total. The van der Waals surface area contributed by atoms with Crippen molar-refractivity contribution < 1.29 is 17.7 Å². The van der Waals surface area contributed by atoms with Gasteiger partial charge in [0.15, 0.2) is 5.76 Å². The Morgan fingerprint density at radius 3 is 2.57 bits per heavy atom. The first-order valence-corrected chi connectivity index (χ1v) is 8.74. The van der Waals surface area contributed by atoms with Gasteiger partial charge in [-0.05, 0) is 39.8 Å². The number of aryl methyl sites for hydroxylation is 2. The van der Waals surface area contributed by atoms with Gasteiger partial charge in [0, 0.05) is 0 Å². The highest BCUT2D eigenvalue weighted by Gasteiger charge is 2.38. The molecule has 1 aromatic heterocycles. The first kappa shape index (κ1) is 15.0. The van der Waals surface area contributed by atoms with Gasteiger partial charge in [0.1, 0.15) is 10.6 Å². The number of hydrogen-bond donors (Lipinski definition) is 1. The topological polar surface area (TPSA) is 84.7 Å². The fraction of sp³-hybridized carbons (Fsp3) is 0.769. The first-order valence-electron chi connectivity index (χ1n) is 7.26. The summed E-state index contributed by atoms with van der Waals surface area (Å²) in [6, 6.07) is -0.107. The second kappa shape index (κ2) is 5.68. The van der Waals surface area contributed by atoms with Gasteiger partial charge in [-0.3, -0.25) is 4.90 Å². The first-order chi connectivity index (χ1) is 9.99. The maximum Gasteiger partial charge on any atom is 0.246 e. The van der Waals surface area contributed by atoms with Gasteiger partial charge >= 0.3 is 0 Å². The zero-order chi connectivity index (χ0) is 15.0. The van der Waals surface area contributed by atoms with E-state index in [4.69, 9.17) is 9.26 Å². The van der Waals surface area contributed by atoms with Crippen LogP contribution >= 0.6 is 0 Å². The number of sulfonamides is 1. The van der Waals surface area contributed by atoms with Crippen molar-refractivity contribution in [3.63, 3.8) is 0 Å². The fourth-order valence-corrected chi connectivity index (χ4v) is 4.79. The molecule has 0 aromatic carbocycles. The van der Waals surface area contributed by atoms with Crippen LogP contribution in [0.15, 0.2) is 9.42 Å². The maximum atomic E-state index is 12.6. The monoisotopic (exact) mass is 315 g/mol. The molecule has 118 valence electrons. The van der Waals surface area contributed by atoms with Crippen LogP contribution in [0.25, 0.3) is 0 Å². The van der Waals surface area contributed by atoms with Crippen molar-refractivity contribution in [1.82, 2.24) is 14.8 Å². The van der Waals surface area contributed by atoms with E-state index in [0.717, 1.165) is 13.1 Å². The molecule has 0 aliphatic carbocycles. The van der Waals surface area contributed by atoms with Gasteiger partial charge in [-0.2, -0.15) is 0 Å². The molecule has 3 rings (SSSR count). The molecule has 0 radical (unpaired) electrons. The van der Waals surface area contributed by atoms with Crippen molar-refractivity contribution in [2.75, 3.05) is 26.3 Å². The lowest BCUT2D eigenvalue weighted by Crippen LogP contribution is -2.50. The van der Waals surface area contributed by atoms with Crippen LogP contribution in [-0.4, -0.2) is 56.9 Å². The van der Waals surface area contributed by atoms with Crippen molar-refractivity contribution in [2.45, 2.75) is 43.7 Å². The lowest BCUT2D eigenvalue weighted by atomic mass is 10.1. The van der Waals surface area contributed by atoms with E-state index in [1.54, 1.807) is 13.8 Å². The Bertz CT molecular complexity index is 587. The predicted molar refractivity (Wildman–Crippen MR) is 75.5 cm³/mol. The summed E-state index contributed by atoms with van der Waals surface area (Å²) < 4.78 is 38.4. The third-order valence-electron chi connectivity index (χ3n) is 4.20. The molecule has 8 heteroatoms. The molecule has 0 saturated carbocycles. The fourth-order valence-electron chi connectivity index (χ4n) is 3.21. The Balaban J connectivity index is 1.78. The lowest BCUT2D eigenvalue weighted by Gasteiger charge is -2.27. The summed E-state index contributed by atoms with van der Waals surface area (Å²) in [5, 5.41) is 3.72. The van der Waals surface area contributed by atoms with Gasteiger partial charge in [-0.15, -0.1) is 0 Å². The van der Waals surface area contributed by atoms with E-state index in [0.29, 0.717) is 24.7 Å². The molecule has 1 aromatic rings. The lowest BCUT2D eigenvalue weighted by molar-refractivity contribution is 0.159. The molecule has 2 aliphatic heterocycles. The van der Waals surface area contributed by atoms with Crippen molar-refractivity contribution in [2.24, 2.45) is 0 Å². The summed E-state index contributed by atoms with van der Waals surface area (Å²) in [7, 11) is -3.64. The molecule has 21 heavy (non-hydrogen) atoms. The van der Waals surface area contributed by atoms with Gasteiger partial charge < -0.3 is 9.26 Å². The van der Waals surface area contributed by atoms with Crippen molar-refractivity contribution in [1.29, 1.82) is 0 Å². The average molecular weight is 315 g/mol. The summed E-state index contributed by atoms with van der Waals surface area (Å²) in [6.45, 7) is 6.25. The molecular weight excluding hydrogens is 294 g/mol. The number of aromatic nitrogens is 1. The summed E-state index contributed by atoms with van der Waals surface area (Å²) in [4.78, 5) is 2.46. The molecule has 0 spiro atoms. The Morgan fingerprint density at radius 2 is 1.95 bits per heavy atom. The van der Waals surface area contributed by atoms with Crippen LogP contribution in [0.3, 0.4) is 0 Å². The number of hydrogen-bond acceptors (Lipinski definition) is 6. The maximum absolute atomic E-state index is 12.6. The van der Waals surface area contributed by atoms with Gasteiger partial charge in [0.2, 0.25) is 10.0 Å². The third-order valence-corrected chi connectivity index (χ3v) is 5.94. The molecule has 2 fully saturated rings. The summed E-state index contributed by atoms with van der Waals surface area (Å²) >= 11 is 0. The molecular formula is C13H21N3O4S. The zero-order valence-electron chi connectivity index (χ0n) is 12.3. The molecule has 2 saturated heterocycles. The van der Waals surface area contributed by atoms with E-state index < -0.39 is 10.0 Å². The normalized spacial score (nSPS) is 27.5. The number of nitrogens with one attached hydrogen (secondary N) is 1. The zero-order valence-corrected chi connectivity index (χ0v) is 13.1. The van der Waals surface area contributed by atoms with Gasteiger partial charge in [0.25, 0.3) is 0 Å². The highest BCUT2D eigenvalue weighted by atomic mass is 32.2. The van der Waals surface area contributed by atoms with E-state index in [-0.39, 0.29) is 17.0 Å².